The monoisotopic (exact) mass is 210 g/mol. The van der Waals surface area contributed by atoms with E-state index in [1.54, 1.807) is 11.6 Å². The summed E-state index contributed by atoms with van der Waals surface area (Å²) in [6.45, 7) is 1.84. The first-order valence-electron chi connectivity index (χ1n) is 4.14. The van der Waals surface area contributed by atoms with Crippen LogP contribution in [-0.2, 0) is 14.1 Å². The van der Waals surface area contributed by atoms with Crippen LogP contribution in [0, 0.1) is 11.7 Å². The molecule has 0 radical (unpaired) electrons. The first-order chi connectivity index (χ1) is 6.52. The highest BCUT2D eigenvalue weighted by Crippen LogP contribution is 2.06. The van der Waals surface area contributed by atoms with Crippen LogP contribution in [0.15, 0.2) is 4.79 Å². The van der Waals surface area contributed by atoms with Crippen molar-refractivity contribution in [3.8, 4) is 0 Å². The zero-order valence-corrected chi connectivity index (χ0v) is 8.97. The van der Waals surface area contributed by atoms with Gasteiger partial charge in [-0.05, 0) is 19.1 Å². The third-order valence-electron chi connectivity index (χ3n) is 2.36. The number of hydrogen-bond acceptors (Lipinski definition) is 3. The van der Waals surface area contributed by atoms with Crippen molar-refractivity contribution in [2.45, 2.75) is 6.92 Å². The van der Waals surface area contributed by atoms with Crippen molar-refractivity contribution >= 4 is 23.4 Å². The van der Waals surface area contributed by atoms with Gasteiger partial charge in [-0.15, -0.1) is 0 Å². The van der Waals surface area contributed by atoms with Crippen LogP contribution in [0.5, 0.6) is 0 Å². The van der Waals surface area contributed by atoms with Crippen LogP contribution in [0.4, 0.5) is 0 Å². The summed E-state index contributed by atoms with van der Waals surface area (Å²) in [7, 11) is 3.45. The number of nitrogens with one attached hydrogen (secondary N) is 1. The van der Waals surface area contributed by atoms with E-state index in [0.29, 0.717) is 15.9 Å². The van der Waals surface area contributed by atoms with Crippen LogP contribution in [0.1, 0.15) is 5.82 Å². The van der Waals surface area contributed by atoms with E-state index < -0.39 is 0 Å². The van der Waals surface area contributed by atoms with Gasteiger partial charge < -0.3 is 9.55 Å². The summed E-state index contributed by atoms with van der Waals surface area (Å²) in [5.41, 5.74) is 0.989. The van der Waals surface area contributed by atoms with Crippen molar-refractivity contribution in [3.05, 3.63) is 20.9 Å². The Kier molecular flexibility index (Phi) is 1.81. The molecule has 74 valence electrons. The van der Waals surface area contributed by atoms with Crippen LogP contribution in [0.25, 0.3) is 11.2 Å². The Labute approximate surface area is 85.0 Å². The van der Waals surface area contributed by atoms with Gasteiger partial charge in [0.1, 0.15) is 5.82 Å². The lowest BCUT2D eigenvalue weighted by atomic mass is 10.5. The molecule has 0 aliphatic carbocycles. The summed E-state index contributed by atoms with van der Waals surface area (Å²) < 4.78 is 3.54. The Balaban J connectivity index is 3.15. The zero-order chi connectivity index (χ0) is 10.5. The Hall–Kier alpha value is -1.43. The van der Waals surface area contributed by atoms with E-state index in [4.69, 9.17) is 12.2 Å². The highest BCUT2D eigenvalue weighted by atomic mass is 32.1. The van der Waals surface area contributed by atoms with E-state index in [9.17, 15) is 4.79 Å². The molecule has 0 spiro atoms. The minimum absolute atomic E-state index is 0.119. The molecule has 2 aromatic heterocycles. The molecule has 5 nitrogen and oxygen atoms in total. The number of rotatable bonds is 0. The van der Waals surface area contributed by atoms with Gasteiger partial charge in [0, 0.05) is 14.1 Å². The van der Waals surface area contributed by atoms with Crippen molar-refractivity contribution in [3.63, 3.8) is 0 Å². The second-order valence-electron chi connectivity index (χ2n) is 3.21. The first-order valence-corrected chi connectivity index (χ1v) is 4.55. The predicted molar refractivity (Wildman–Crippen MR) is 55.9 cm³/mol. The molecule has 0 saturated heterocycles. The fraction of sp³-hybridized carbons (Fsp3) is 0.375. The van der Waals surface area contributed by atoms with Crippen LogP contribution in [0.2, 0.25) is 0 Å². The molecular weight excluding hydrogens is 200 g/mol. The van der Waals surface area contributed by atoms with E-state index in [1.807, 2.05) is 14.0 Å². The number of hydrogen-bond donors (Lipinski definition) is 1. The average molecular weight is 210 g/mol. The minimum Gasteiger partial charge on any atom is -0.325 e. The van der Waals surface area contributed by atoms with Gasteiger partial charge in [0.15, 0.2) is 15.9 Å². The third kappa shape index (κ3) is 1.04. The van der Waals surface area contributed by atoms with E-state index in [0.717, 1.165) is 5.82 Å². The fourth-order valence-corrected chi connectivity index (χ4v) is 1.56. The van der Waals surface area contributed by atoms with Gasteiger partial charge in [-0.25, -0.2) is 4.98 Å². The molecule has 1 N–H and O–H groups in total. The van der Waals surface area contributed by atoms with Gasteiger partial charge in [-0.3, -0.25) is 9.36 Å². The molecule has 0 aromatic carbocycles. The second-order valence-corrected chi connectivity index (χ2v) is 3.60. The molecule has 2 aromatic rings. The lowest BCUT2D eigenvalue weighted by molar-refractivity contribution is 0.806. The van der Waals surface area contributed by atoms with E-state index >= 15 is 0 Å². The van der Waals surface area contributed by atoms with Crippen molar-refractivity contribution in [2.24, 2.45) is 14.1 Å². The lowest BCUT2D eigenvalue weighted by Crippen LogP contribution is -2.20. The molecule has 14 heavy (non-hydrogen) atoms. The molecule has 0 amide bonds. The molecule has 0 saturated carbocycles. The van der Waals surface area contributed by atoms with Crippen molar-refractivity contribution in [1.29, 1.82) is 0 Å². The Morgan fingerprint density at radius 1 is 1.36 bits per heavy atom. The highest BCUT2D eigenvalue weighted by Gasteiger charge is 2.09. The summed E-state index contributed by atoms with van der Waals surface area (Å²) in [6, 6.07) is 0. The van der Waals surface area contributed by atoms with Crippen LogP contribution < -0.4 is 5.56 Å². The van der Waals surface area contributed by atoms with Crippen LogP contribution >= 0.6 is 12.2 Å². The average Bonchev–Trinajstić information content (AvgIpc) is 2.39. The Bertz CT molecular complexity index is 619. The molecule has 0 bridgehead atoms. The normalized spacial score (nSPS) is 11.1. The summed E-state index contributed by atoms with van der Waals surface area (Å²) in [4.78, 5) is 18.9. The van der Waals surface area contributed by atoms with Gasteiger partial charge in [-0.1, -0.05) is 0 Å². The predicted octanol–water partition coefficient (Wildman–Crippen LogP) is 0.638. The largest absolute Gasteiger partial charge is 0.325 e. The zero-order valence-electron chi connectivity index (χ0n) is 8.16. The molecule has 0 unspecified atom stereocenters. The lowest BCUT2D eigenvalue weighted by Gasteiger charge is -1.99. The highest BCUT2D eigenvalue weighted by molar-refractivity contribution is 7.71. The van der Waals surface area contributed by atoms with Gasteiger partial charge in [0.2, 0.25) is 0 Å². The Morgan fingerprint density at radius 2 is 2.00 bits per heavy atom. The quantitative estimate of drug-likeness (QED) is 0.649. The van der Waals surface area contributed by atoms with Gasteiger partial charge >= 0.3 is 0 Å². The van der Waals surface area contributed by atoms with Gasteiger partial charge in [0.25, 0.3) is 5.56 Å². The molecular formula is C8H10N4OS. The van der Waals surface area contributed by atoms with E-state index in [-0.39, 0.29) is 5.56 Å². The third-order valence-corrected chi connectivity index (χ3v) is 2.73. The van der Waals surface area contributed by atoms with E-state index in [2.05, 4.69) is 9.97 Å². The number of aryl methyl sites for hydroxylation is 2. The molecule has 2 heterocycles. The number of aromatic nitrogens is 4. The van der Waals surface area contributed by atoms with Crippen LogP contribution in [-0.4, -0.2) is 19.1 Å². The maximum atomic E-state index is 11.8. The Morgan fingerprint density at radius 3 is 2.64 bits per heavy atom. The summed E-state index contributed by atoms with van der Waals surface area (Å²) >= 11 is 4.98. The second kappa shape index (κ2) is 2.78. The molecule has 0 aliphatic heterocycles. The van der Waals surface area contributed by atoms with Gasteiger partial charge in [0.05, 0.1) is 0 Å². The standard InChI is InChI=1S/C8H10N4OS/c1-4-9-6-5(11(4)2)7(13)12(3)8(14)10-6/h1-3H3,(H,10,14). The smallest absolute Gasteiger partial charge is 0.280 e. The van der Waals surface area contributed by atoms with Crippen LogP contribution in [0.3, 0.4) is 0 Å². The molecule has 6 heteroatoms. The molecule has 0 fully saturated rings. The number of H-pyrrole nitrogens is 1. The summed E-state index contributed by atoms with van der Waals surface area (Å²) in [5.74, 6) is 0.786. The number of imidazole rings is 1. The number of nitrogens with zero attached hydrogens (tertiary/aromatic N) is 3. The summed E-state index contributed by atoms with van der Waals surface area (Å²) in [6.07, 6.45) is 0. The SMILES string of the molecule is Cc1nc2[nH]c(=S)n(C)c(=O)c2n1C. The number of aromatic amines is 1. The summed E-state index contributed by atoms with van der Waals surface area (Å²) in [5, 5.41) is 0. The minimum atomic E-state index is -0.119. The first kappa shape index (κ1) is 9.14. The van der Waals surface area contributed by atoms with Crippen molar-refractivity contribution < 1.29 is 0 Å². The topological polar surface area (TPSA) is 55.6 Å². The van der Waals surface area contributed by atoms with Crippen molar-refractivity contribution in [1.82, 2.24) is 19.1 Å². The van der Waals surface area contributed by atoms with Crippen molar-refractivity contribution in [2.75, 3.05) is 0 Å². The molecule has 2 rings (SSSR count). The molecule has 0 atom stereocenters. The van der Waals surface area contributed by atoms with E-state index in [1.165, 1.54) is 4.57 Å². The fourth-order valence-electron chi connectivity index (χ4n) is 1.38. The maximum absolute atomic E-state index is 11.8. The maximum Gasteiger partial charge on any atom is 0.280 e. The van der Waals surface area contributed by atoms with Gasteiger partial charge in [-0.2, -0.15) is 0 Å². The molecule has 0 aliphatic rings. The number of fused-ring (bicyclic) bond motifs is 1.